The number of nitrogens with zero attached hydrogens (tertiary/aromatic N) is 3. The van der Waals surface area contributed by atoms with Gasteiger partial charge in [-0.15, -0.1) is 0 Å². The van der Waals surface area contributed by atoms with Crippen LogP contribution in [0.1, 0.15) is 15.9 Å². The van der Waals surface area contributed by atoms with Gasteiger partial charge >= 0.3 is 0 Å². The summed E-state index contributed by atoms with van der Waals surface area (Å²) in [6, 6.07) is 28.6. The van der Waals surface area contributed by atoms with Crippen molar-refractivity contribution in [3.05, 3.63) is 114 Å². The van der Waals surface area contributed by atoms with Gasteiger partial charge in [0.1, 0.15) is 0 Å². The third kappa shape index (κ3) is 4.14. The number of benzene rings is 3. The molecule has 0 saturated carbocycles. The molecule has 0 radical (unpaired) electrons. The average Bonchev–Trinajstić information content (AvgIpc) is 3.09. The van der Waals surface area contributed by atoms with E-state index < -0.39 is 0 Å². The molecule has 142 valence electrons. The highest BCUT2D eigenvalue weighted by Crippen LogP contribution is 2.18. The molecule has 0 aliphatic rings. The molecule has 0 unspecified atom stereocenters. The first-order chi connectivity index (χ1) is 14.2. The van der Waals surface area contributed by atoms with E-state index in [2.05, 4.69) is 5.10 Å². The van der Waals surface area contributed by atoms with Crippen LogP contribution in [0.25, 0.3) is 11.3 Å². The van der Waals surface area contributed by atoms with Gasteiger partial charge in [0.25, 0.3) is 0 Å². The summed E-state index contributed by atoms with van der Waals surface area (Å²) in [5.41, 5.74) is 3.40. The predicted molar refractivity (Wildman–Crippen MR) is 114 cm³/mol. The minimum absolute atomic E-state index is 0.0499. The van der Waals surface area contributed by atoms with Gasteiger partial charge in [0.05, 0.1) is 24.7 Å². The minimum Gasteiger partial charge on any atom is -0.301 e. The molecular weight excluding hydrogens is 360 g/mol. The maximum absolute atomic E-state index is 12.8. The lowest BCUT2D eigenvalue weighted by Gasteiger charge is -2.07. The number of nitrogens with one attached hydrogen (secondary N) is 1. The first-order valence-corrected chi connectivity index (χ1v) is 9.32. The summed E-state index contributed by atoms with van der Waals surface area (Å²) in [4.78, 5) is 12.8. The van der Waals surface area contributed by atoms with Gasteiger partial charge in [-0.05, 0) is 11.1 Å². The Morgan fingerprint density at radius 2 is 1.45 bits per heavy atom. The highest BCUT2D eigenvalue weighted by atomic mass is 16.1. The molecule has 0 aliphatic heterocycles. The molecule has 4 rings (SSSR count). The summed E-state index contributed by atoms with van der Waals surface area (Å²) in [6.45, 7) is 0.0704. The Hall–Kier alpha value is -3.99. The fourth-order valence-corrected chi connectivity index (χ4v) is 3.10. The van der Waals surface area contributed by atoms with Crippen molar-refractivity contribution in [2.75, 3.05) is 0 Å². The zero-order valence-corrected chi connectivity index (χ0v) is 15.8. The second-order valence-corrected chi connectivity index (χ2v) is 6.58. The van der Waals surface area contributed by atoms with Crippen LogP contribution in [0.4, 0.5) is 0 Å². The molecular formula is C24H20N4O. The number of rotatable bonds is 6. The Bertz CT molecular complexity index is 1190. The van der Waals surface area contributed by atoms with Crippen molar-refractivity contribution in [2.24, 2.45) is 5.10 Å². The largest absolute Gasteiger partial charge is 0.301 e. The third-order valence-electron chi connectivity index (χ3n) is 4.61. The molecule has 5 heteroatoms. The molecule has 1 aromatic heterocycles. The van der Waals surface area contributed by atoms with Crippen molar-refractivity contribution in [3.63, 3.8) is 0 Å². The second-order valence-electron chi connectivity index (χ2n) is 6.58. The van der Waals surface area contributed by atoms with Crippen molar-refractivity contribution in [2.45, 2.75) is 6.54 Å². The maximum Gasteiger partial charge on any atom is 0.224 e. The van der Waals surface area contributed by atoms with Crippen molar-refractivity contribution in [1.29, 1.82) is 5.41 Å². The summed E-state index contributed by atoms with van der Waals surface area (Å²) in [5.74, 6) is -0.0499. The van der Waals surface area contributed by atoms with Gasteiger partial charge in [-0.2, -0.15) is 5.10 Å². The van der Waals surface area contributed by atoms with E-state index in [1.807, 2.05) is 78.9 Å². The number of ketones is 1. The number of Topliss-reactive ketones (excluding diaryl/α,β-unsaturated/α-hetero) is 1. The van der Waals surface area contributed by atoms with E-state index in [1.165, 1.54) is 4.68 Å². The SMILES string of the molecule is N=c1n(/N=C\c2ccccc2)cc(-c2ccccc2)n1CC(=O)c1ccccc1. The van der Waals surface area contributed by atoms with Crippen molar-refractivity contribution < 1.29 is 4.79 Å². The first-order valence-electron chi connectivity index (χ1n) is 9.32. The Balaban J connectivity index is 1.74. The zero-order valence-electron chi connectivity index (χ0n) is 15.8. The molecule has 0 fully saturated rings. The molecule has 0 aliphatic carbocycles. The highest BCUT2D eigenvalue weighted by Gasteiger charge is 2.14. The number of carbonyl (C=O) groups is 1. The van der Waals surface area contributed by atoms with Gasteiger partial charge in [-0.1, -0.05) is 91.0 Å². The van der Waals surface area contributed by atoms with E-state index >= 15 is 0 Å². The lowest BCUT2D eigenvalue weighted by Crippen LogP contribution is -2.26. The number of imidazole rings is 1. The highest BCUT2D eigenvalue weighted by molar-refractivity contribution is 5.96. The Kier molecular flexibility index (Phi) is 5.29. The summed E-state index contributed by atoms with van der Waals surface area (Å²) >= 11 is 0. The van der Waals surface area contributed by atoms with Crippen molar-refractivity contribution >= 4 is 12.0 Å². The fraction of sp³-hybridized carbons (Fsp3) is 0.0417. The van der Waals surface area contributed by atoms with Crippen molar-refractivity contribution in [1.82, 2.24) is 9.24 Å². The molecule has 1 N–H and O–H groups in total. The summed E-state index contributed by atoms with van der Waals surface area (Å²) in [7, 11) is 0. The molecule has 0 bridgehead atoms. The van der Waals surface area contributed by atoms with E-state index in [4.69, 9.17) is 5.41 Å². The molecule has 0 amide bonds. The number of hydrogen-bond donors (Lipinski definition) is 1. The van der Waals surface area contributed by atoms with Gasteiger partial charge in [0.15, 0.2) is 5.78 Å². The topological polar surface area (TPSA) is 63.1 Å². The van der Waals surface area contributed by atoms with Gasteiger partial charge in [-0.25, -0.2) is 4.68 Å². The summed E-state index contributed by atoms with van der Waals surface area (Å²) in [6.07, 6.45) is 3.49. The van der Waals surface area contributed by atoms with Crippen LogP contribution < -0.4 is 5.62 Å². The van der Waals surface area contributed by atoms with Gasteiger partial charge < -0.3 is 4.57 Å². The van der Waals surface area contributed by atoms with Crippen LogP contribution in [-0.4, -0.2) is 21.2 Å². The Labute approximate surface area is 168 Å². The number of aromatic nitrogens is 2. The third-order valence-corrected chi connectivity index (χ3v) is 4.61. The monoisotopic (exact) mass is 380 g/mol. The van der Waals surface area contributed by atoms with E-state index in [0.717, 1.165) is 16.8 Å². The summed E-state index contributed by atoms with van der Waals surface area (Å²) in [5, 5.41) is 13.0. The van der Waals surface area contributed by atoms with Crippen LogP contribution in [0.5, 0.6) is 0 Å². The first kappa shape index (κ1) is 18.4. The standard InChI is InChI=1S/C24H20N4O/c25-24-27(18-23(29)21-14-8-3-9-15-21)22(20-12-6-2-7-13-20)17-28(24)26-16-19-10-4-1-5-11-19/h1-17,25H,18H2/b25-24?,26-16-. The quantitative estimate of drug-likeness (QED) is 0.395. The van der Waals surface area contributed by atoms with Crippen LogP contribution in [0, 0.1) is 5.41 Å². The van der Waals surface area contributed by atoms with E-state index in [-0.39, 0.29) is 17.9 Å². The van der Waals surface area contributed by atoms with Crippen LogP contribution in [0.3, 0.4) is 0 Å². The van der Waals surface area contributed by atoms with Crippen molar-refractivity contribution in [3.8, 4) is 11.3 Å². The van der Waals surface area contributed by atoms with Gasteiger partial charge in [-0.3, -0.25) is 10.2 Å². The van der Waals surface area contributed by atoms with Gasteiger partial charge in [0, 0.05) is 5.56 Å². The smallest absolute Gasteiger partial charge is 0.224 e. The molecule has 3 aromatic carbocycles. The molecule has 0 atom stereocenters. The molecule has 1 heterocycles. The fourth-order valence-electron chi connectivity index (χ4n) is 3.10. The normalized spacial score (nSPS) is 11.0. The molecule has 0 spiro atoms. The van der Waals surface area contributed by atoms with Crippen LogP contribution in [0.15, 0.2) is 102 Å². The summed E-state index contributed by atoms with van der Waals surface area (Å²) < 4.78 is 3.18. The number of hydrogen-bond acceptors (Lipinski definition) is 3. The lowest BCUT2D eigenvalue weighted by atomic mass is 10.1. The lowest BCUT2D eigenvalue weighted by molar-refractivity contribution is 0.0970. The Morgan fingerprint density at radius 1 is 0.862 bits per heavy atom. The number of carbonyl (C=O) groups excluding carboxylic acids is 1. The second kappa shape index (κ2) is 8.35. The van der Waals surface area contributed by atoms with Crippen LogP contribution in [0.2, 0.25) is 0 Å². The Morgan fingerprint density at radius 3 is 2.10 bits per heavy atom. The minimum atomic E-state index is -0.0499. The molecule has 0 saturated heterocycles. The van der Waals surface area contributed by atoms with Crippen LogP contribution >= 0.6 is 0 Å². The van der Waals surface area contributed by atoms with E-state index in [0.29, 0.717) is 5.56 Å². The zero-order chi connectivity index (χ0) is 20.1. The average molecular weight is 380 g/mol. The molecule has 5 nitrogen and oxygen atoms in total. The maximum atomic E-state index is 12.8. The van der Waals surface area contributed by atoms with Crippen LogP contribution in [-0.2, 0) is 6.54 Å². The predicted octanol–water partition coefficient (Wildman–Crippen LogP) is 4.20. The van der Waals surface area contributed by atoms with Gasteiger partial charge in [0.2, 0.25) is 5.62 Å². The molecule has 4 aromatic rings. The van der Waals surface area contributed by atoms with E-state index in [1.54, 1.807) is 29.1 Å². The molecule has 29 heavy (non-hydrogen) atoms. The van der Waals surface area contributed by atoms with E-state index in [9.17, 15) is 4.79 Å².